The topological polar surface area (TPSA) is 44.7 Å². The highest BCUT2D eigenvalue weighted by molar-refractivity contribution is 7.99. The van der Waals surface area contributed by atoms with E-state index in [1.165, 1.54) is 11.1 Å². The predicted octanol–water partition coefficient (Wildman–Crippen LogP) is 4.08. The van der Waals surface area contributed by atoms with Gasteiger partial charge in [-0.1, -0.05) is 60.7 Å². The lowest BCUT2D eigenvalue weighted by Gasteiger charge is -2.27. The highest BCUT2D eigenvalue weighted by atomic mass is 32.2. The molecule has 1 heterocycles. The number of nitrogens with zero attached hydrogens (tertiary/aromatic N) is 2. The van der Waals surface area contributed by atoms with Gasteiger partial charge in [-0.05, 0) is 18.1 Å². The van der Waals surface area contributed by atoms with Gasteiger partial charge in [0.25, 0.3) is 5.91 Å². The summed E-state index contributed by atoms with van der Waals surface area (Å²) in [6, 6.07) is 20.8. The first-order chi connectivity index (χ1) is 13.2. The number of amides is 1. The molecule has 1 N–H and O–H groups in total. The van der Waals surface area contributed by atoms with Crippen molar-refractivity contribution in [3.8, 4) is 0 Å². The van der Waals surface area contributed by atoms with Crippen LogP contribution < -0.4 is 5.43 Å². The van der Waals surface area contributed by atoms with Crippen molar-refractivity contribution < 1.29 is 4.79 Å². The Bertz CT molecular complexity index is 739. The number of carbonyl (C=O) groups is 1. The highest BCUT2D eigenvalue weighted by Gasteiger charge is 2.17. The van der Waals surface area contributed by atoms with E-state index >= 15 is 0 Å². The van der Waals surface area contributed by atoms with Gasteiger partial charge in [0.05, 0.1) is 5.25 Å². The summed E-state index contributed by atoms with van der Waals surface area (Å²) in [5, 5.41) is 4.26. The van der Waals surface area contributed by atoms with E-state index in [1.807, 2.05) is 31.2 Å². The third-order valence-electron chi connectivity index (χ3n) is 4.72. The summed E-state index contributed by atoms with van der Waals surface area (Å²) in [5.41, 5.74) is 6.43. The molecule has 27 heavy (non-hydrogen) atoms. The molecule has 1 atom stereocenters. The Kier molecular flexibility index (Phi) is 7.48. The van der Waals surface area contributed by atoms with Crippen LogP contribution in [-0.4, -0.2) is 34.9 Å². The van der Waals surface area contributed by atoms with Crippen molar-refractivity contribution >= 4 is 23.4 Å². The molecule has 0 spiro atoms. The molecule has 142 valence electrons. The minimum Gasteiger partial charge on any atom is -0.298 e. The second kappa shape index (κ2) is 10.3. The number of benzene rings is 2. The van der Waals surface area contributed by atoms with Crippen LogP contribution in [0.3, 0.4) is 0 Å². The number of carbonyl (C=O) groups excluding carboxylic acids is 1. The second-order valence-corrected chi connectivity index (χ2v) is 8.18. The zero-order chi connectivity index (χ0) is 18.9. The molecule has 1 amide bonds. The van der Waals surface area contributed by atoms with Gasteiger partial charge in [0.2, 0.25) is 0 Å². The Morgan fingerprint density at radius 1 is 1.04 bits per heavy atom. The Hall–Kier alpha value is -2.11. The first-order valence-corrected chi connectivity index (χ1v) is 10.5. The Balaban J connectivity index is 1.38. The van der Waals surface area contributed by atoms with E-state index in [0.29, 0.717) is 0 Å². The smallest absolute Gasteiger partial charge is 0.252 e. The van der Waals surface area contributed by atoms with Crippen LogP contribution in [0.15, 0.2) is 65.8 Å². The van der Waals surface area contributed by atoms with Gasteiger partial charge in [-0.2, -0.15) is 5.10 Å². The maximum Gasteiger partial charge on any atom is 0.252 e. The van der Waals surface area contributed by atoms with E-state index in [-0.39, 0.29) is 11.2 Å². The van der Waals surface area contributed by atoms with Crippen molar-refractivity contribution in [3.63, 3.8) is 0 Å². The normalized spacial score (nSPS) is 16.0. The largest absolute Gasteiger partial charge is 0.298 e. The molecule has 0 radical (unpaired) electrons. The van der Waals surface area contributed by atoms with Gasteiger partial charge in [0.15, 0.2) is 0 Å². The van der Waals surface area contributed by atoms with Crippen LogP contribution in [0, 0.1) is 0 Å². The summed E-state index contributed by atoms with van der Waals surface area (Å²) in [6.45, 7) is 4.89. The molecule has 1 saturated heterocycles. The summed E-state index contributed by atoms with van der Waals surface area (Å²) in [4.78, 5) is 14.7. The van der Waals surface area contributed by atoms with E-state index in [4.69, 9.17) is 0 Å². The number of hydrogen-bond donors (Lipinski definition) is 1. The lowest BCUT2D eigenvalue weighted by molar-refractivity contribution is -0.120. The van der Waals surface area contributed by atoms with Crippen LogP contribution in [-0.2, 0) is 17.1 Å². The van der Waals surface area contributed by atoms with Gasteiger partial charge in [0.1, 0.15) is 0 Å². The molecule has 2 aromatic rings. The standard InChI is InChI=1S/C22H27N3OS/c1-18(27-17-20-10-6-3-7-11-20)22(26)24-23-21-12-14-25(15-13-21)16-19-8-4-2-5-9-19/h2-11,18H,12-17H2,1H3,(H,24,26)/t18-/m0/s1. The number of piperidine rings is 1. The summed E-state index contributed by atoms with van der Waals surface area (Å²) in [7, 11) is 0. The molecule has 0 bridgehead atoms. The summed E-state index contributed by atoms with van der Waals surface area (Å²) >= 11 is 1.64. The number of nitrogens with one attached hydrogen (secondary N) is 1. The number of rotatable bonds is 7. The van der Waals surface area contributed by atoms with Crippen LogP contribution in [0.4, 0.5) is 0 Å². The third kappa shape index (κ3) is 6.52. The number of thioether (sulfide) groups is 1. The molecule has 0 unspecified atom stereocenters. The van der Waals surface area contributed by atoms with Crippen molar-refractivity contribution in [2.45, 2.75) is 37.3 Å². The third-order valence-corrected chi connectivity index (χ3v) is 5.93. The minimum absolute atomic E-state index is 0.0184. The zero-order valence-electron chi connectivity index (χ0n) is 15.8. The monoisotopic (exact) mass is 381 g/mol. The van der Waals surface area contributed by atoms with Crippen molar-refractivity contribution in [2.24, 2.45) is 5.10 Å². The summed E-state index contributed by atoms with van der Waals surface area (Å²) in [5.74, 6) is 0.815. The summed E-state index contributed by atoms with van der Waals surface area (Å²) < 4.78 is 0. The zero-order valence-corrected chi connectivity index (χ0v) is 16.6. The quantitative estimate of drug-likeness (QED) is 0.735. The molecule has 1 aliphatic heterocycles. The maximum atomic E-state index is 12.3. The number of hydrazone groups is 1. The van der Waals surface area contributed by atoms with E-state index in [1.54, 1.807) is 11.8 Å². The molecular weight excluding hydrogens is 354 g/mol. The van der Waals surface area contributed by atoms with E-state index in [2.05, 4.69) is 51.8 Å². The molecule has 1 aliphatic rings. The van der Waals surface area contributed by atoms with Crippen LogP contribution >= 0.6 is 11.8 Å². The van der Waals surface area contributed by atoms with Crippen molar-refractivity contribution in [3.05, 3.63) is 71.8 Å². The average Bonchev–Trinajstić information content (AvgIpc) is 2.73. The molecule has 1 fully saturated rings. The van der Waals surface area contributed by atoms with Gasteiger partial charge in [-0.25, -0.2) is 5.43 Å². The number of likely N-dealkylation sites (tertiary alicyclic amines) is 1. The Morgan fingerprint density at radius 3 is 2.26 bits per heavy atom. The molecular formula is C22H27N3OS. The lowest BCUT2D eigenvalue weighted by Crippen LogP contribution is -2.35. The summed E-state index contributed by atoms with van der Waals surface area (Å²) in [6.07, 6.45) is 1.83. The van der Waals surface area contributed by atoms with E-state index in [9.17, 15) is 4.79 Å². The molecule has 3 rings (SSSR count). The van der Waals surface area contributed by atoms with Gasteiger partial charge in [0, 0.05) is 43.9 Å². The first-order valence-electron chi connectivity index (χ1n) is 9.48. The minimum atomic E-state index is -0.118. The van der Waals surface area contributed by atoms with Gasteiger partial charge >= 0.3 is 0 Å². The van der Waals surface area contributed by atoms with Crippen molar-refractivity contribution in [2.75, 3.05) is 13.1 Å². The molecule has 5 heteroatoms. The second-order valence-electron chi connectivity index (χ2n) is 6.85. The van der Waals surface area contributed by atoms with Crippen molar-refractivity contribution in [1.29, 1.82) is 0 Å². The fourth-order valence-electron chi connectivity index (χ4n) is 3.02. The van der Waals surface area contributed by atoms with Crippen LogP contribution in [0.5, 0.6) is 0 Å². The fourth-order valence-corrected chi connectivity index (χ4v) is 3.86. The van der Waals surface area contributed by atoms with Crippen LogP contribution in [0.1, 0.15) is 30.9 Å². The lowest BCUT2D eigenvalue weighted by atomic mass is 10.1. The number of hydrogen-bond acceptors (Lipinski definition) is 4. The van der Waals surface area contributed by atoms with Crippen LogP contribution in [0.25, 0.3) is 0 Å². The Morgan fingerprint density at radius 2 is 1.63 bits per heavy atom. The van der Waals surface area contributed by atoms with E-state index in [0.717, 1.165) is 43.9 Å². The highest BCUT2D eigenvalue weighted by Crippen LogP contribution is 2.17. The molecule has 4 nitrogen and oxygen atoms in total. The molecule has 2 aromatic carbocycles. The maximum absolute atomic E-state index is 12.3. The molecule has 0 saturated carbocycles. The van der Waals surface area contributed by atoms with Crippen LogP contribution in [0.2, 0.25) is 0 Å². The van der Waals surface area contributed by atoms with Gasteiger partial charge in [-0.15, -0.1) is 11.8 Å². The van der Waals surface area contributed by atoms with Gasteiger partial charge in [-0.3, -0.25) is 9.69 Å². The Labute approximate surface area is 166 Å². The molecule has 0 aromatic heterocycles. The SMILES string of the molecule is C[C@H](SCc1ccccc1)C(=O)NN=C1CCN(Cc2ccccc2)CC1. The first kappa shape index (κ1) is 19.6. The predicted molar refractivity (Wildman–Crippen MR) is 114 cm³/mol. The fraction of sp³-hybridized carbons (Fsp3) is 0.364. The average molecular weight is 382 g/mol. The van der Waals surface area contributed by atoms with Gasteiger partial charge < -0.3 is 0 Å². The van der Waals surface area contributed by atoms with Crippen molar-refractivity contribution in [1.82, 2.24) is 10.3 Å². The molecule has 0 aliphatic carbocycles. The van der Waals surface area contributed by atoms with E-state index < -0.39 is 0 Å².